The number of hydrogen-bond acceptors (Lipinski definition) is 4. The first-order valence-electron chi connectivity index (χ1n) is 6.82. The highest BCUT2D eigenvalue weighted by Gasteiger charge is 2.11. The summed E-state index contributed by atoms with van der Waals surface area (Å²) in [6.45, 7) is 4.41. The maximum absolute atomic E-state index is 12.3. The van der Waals surface area contributed by atoms with Crippen LogP contribution in [0.3, 0.4) is 0 Å². The lowest BCUT2D eigenvalue weighted by molar-refractivity contribution is 0.102. The van der Waals surface area contributed by atoms with Gasteiger partial charge in [-0.1, -0.05) is 11.6 Å². The monoisotopic (exact) mass is 285 g/mol. The summed E-state index contributed by atoms with van der Waals surface area (Å²) in [5.41, 5.74) is 3.05. The highest BCUT2D eigenvalue weighted by molar-refractivity contribution is 6.08. The highest BCUT2D eigenvalue weighted by Crippen LogP contribution is 2.19. The molecule has 110 valence electrons. The summed E-state index contributed by atoms with van der Waals surface area (Å²) >= 11 is 0. The Morgan fingerprint density at radius 2 is 2.10 bits per heavy atom. The van der Waals surface area contributed by atoms with Gasteiger partial charge < -0.3 is 15.4 Å². The smallest absolute Gasteiger partial charge is 0.257 e. The summed E-state index contributed by atoms with van der Waals surface area (Å²) in [7, 11) is 1.79. The molecule has 5 nitrogen and oxygen atoms in total. The number of nitrogens with one attached hydrogen (secondary N) is 2. The van der Waals surface area contributed by atoms with Crippen molar-refractivity contribution in [2.24, 2.45) is 0 Å². The fraction of sp³-hybridized carbons (Fsp3) is 0.250. The molecule has 0 aliphatic carbocycles. The minimum Gasteiger partial charge on any atom is -0.478 e. The number of amides is 1. The third kappa shape index (κ3) is 3.72. The lowest BCUT2D eigenvalue weighted by Gasteiger charge is -2.11. The van der Waals surface area contributed by atoms with E-state index in [-0.39, 0.29) is 5.91 Å². The van der Waals surface area contributed by atoms with Crippen molar-refractivity contribution in [2.45, 2.75) is 13.8 Å². The van der Waals surface area contributed by atoms with E-state index in [2.05, 4.69) is 15.6 Å². The van der Waals surface area contributed by atoms with Gasteiger partial charge >= 0.3 is 0 Å². The first kappa shape index (κ1) is 14.8. The van der Waals surface area contributed by atoms with Crippen LogP contribution in [0.1, 0.15) is 22.8 Å². The van der Waals surface area contributed by atoms with Crippen LogP contribution in [0.4, 0.5) is 11.4 Å². The molecule has 5 heteroatoms. The number of carbonyl (C=O) groups excluding carboxylic acids is 1. The largest absolute Gasteiger partial charge is 0.478 e. The van der Waals surface area contributed by atoms with Crippen LogP contribution in [-0.4, -0.2) is 24.5 Å². The molecule has 0 saturated heterocycles. The second-order valence-electron chi connectivity index (χ2n) is 4.57. The zero-order valence-corrected chi connectivity index (χ0v) is 12.4. The molecule has 0 saturated carbocycles. The Balaban J connectivity index is 2.15. The molecule has 0 aliphatic heterocycles. The number of carbonyl (C=O) groups is 1. The Hall–Kier alpha value is -2.56. The normalized spacial score (nSPS) is 10.0. The van der Waals surface area contributed by atoms with E-state index >= 15 is 0 Å². The van der Waals surface area contributed by atoms with Gasteiger partial charge in [-0.2, -0.15) is 0 Å². The molecule has 1 heterocycles. The Labute approximate surface area is 124 Å². The van der Waals surface area contributed by atoms with E-state index in [4.69, 9.17) is 4.74 Å². The molecule has 1 aromatic heterocycles. The van der Waals surface area contributed by atoms with Crippen LogP contribution in [0.5, 0.6) is 5.88 Å². The third-order valence-electron chi connectivity index (χ3n) is 2.98. The summed E-state index contributed by atoms with van der Waals surface area (Å²) in [5.74, 6) is 0.371. The van der Waals surface area contributed by atoms with Crippen molar-refractivity contribution < 1.29 is 9.53 Å². The van der Waals surface area contributed by atoms with Gasteiger partial charge in [-0.05, 0) is 32.0 Å². The average molecular weight is 285 g/mol. The molecule has 2 aromatic rings. The number of aromatic nitrogens is 1. The van der Waals surface area contributed by atoms with Gasteiger partial charge in [0.2, 0.25) is 5.88 Å². The van der Waals surface area contributed by atoms with Crippen molar-refractivity contribution in [3.63, 3.8) is 0 Å². The Morgan fingerprint density at radius 3 is 2.71 bits per heavy atom. The highest BCUT2D eigenvalue weighted by atomic mass is 16.5. The first-order valence-corrected chi connectivity index (χ1v) is 6.82. The Kier molecular flexibility index (Phi) is 4.77. The summed E-state index contributed by atoms with van der Waals surface area (Å²) < 4.78 is 5.27. The zero-order chi connectivity index (χ0) is 15.2. The van der Waals surface area contributed by atoms with Crippen molar-refractivity contribution in [3.05, 3.63) is 47.7 Å². The van der Waals surface area contributed by atoms with Gasteiger partial charge in [0.1, 0.15) is 0 Å². The van der Waals surface area contributed by atoms with Crippen LogP contribution in [0.15, 0.2) is 36.5 Å². The predicted octanol–water partition coefficient (Wildman–Crippen LogP) is 3.08. The maximum atomic E-state index is 12.3. The van der Waals surface area contributed by atoms with Crippen molar-refractivity contribution in [2.75, 3.05) is 24.3 Å². The summed E-state index contributed by atoms with van der Waals surface area (Å²) in [6, 6.07) is 9.20. The van der Waals surface area contributed by atoms with E-state index in [0.717, 1.165) is 11.3 Å². The second-order valence-corrected chi connectivity index (χ2v) is 4.57. The van der Waals surface area contributed by atoms with Crippen LogP contribution < -0.4 is 15.4 Å². The number of pyridine rings is 1. The van der Waals surface area contributed by atoms with Crippen LogP contribution in [-0.2, 0) is 0 Å². The quantitative estimate of drug-likeness (QED) is 0.886. The number of nitrogens with zero attached hydrogens (tertiary/aromatic N) is 1. The van der Waals surface area contributed by atoms with E-state index in [9.17, 15) is 4.79 Å². The van der Waals surface area contributed by atoms with E-state index in [1.165, 1.54) is 0 Å². The fourth-order valence-electron chi connectivity index (χ4n) is 1.95. The molecule has 2 N–H and O–H groups in total. The average Bonchev–Trinajstić information content (AvgIpc) is 2.49. The van der Waals surface area contributed by atoms with Gasteiger partial charge in [0.15, 0.2) is 0 Å². The molecule has 21 heavy (non-hydrogen) atoms. The molecule has 0 spiro atoms. The van der Waals surface area contributed by atoms with Gasteiger partial charge in [-0.15, -0.1) is 0 Å². The zero-order valence-electron chi connectivity index (χ0n) is 12.4. The van der Waals surface area contributed by atoms with Crippen molar-refractivity contribution >= 4 is 17.3 Å². The molecule has 0 fully saturated rings. The van der Waals surface area contributed by atoms with E-state index in [1.807, 2.05) is 32.0 Å². The second kappa shape index (κ2) is 6.74. The lowest BCUT2D eigenvalue weighted by Crippen LogP contribution is -2.14. The Bertz CT molecular complexity index is 624. The molecular weight excluding hydrogens is 266 g/mol. The molecule has 1 amide bonds. The van der Waals surface area contributed by atoms with Crippen LogP contribution >= 0.6 is 0 Å². The maximum Gasteiger partial charge on any atom is 0.257 e. The summed E-state index contributed by atoms with van der Waals surface area (Å²) in [4.78, 5) is 16.5. The van der Waals surface area contributed by atoms with Gasteiger partial charge in [-0.25, -0.2) is 4.98 Å². The SMILES string of the molecule is CCOc1ccc(NC(=O)c2cc(C)ccc2NC)cn1. The molecular formula is C16H19N3O2. The van der Waals surface area contributed by atoms with Gasteiger partial charge in [0.05, 0.1) is 24.1 Å². The molecule has 1 aromatic carbocycles. The molecule has 0 unspecified atom stereocenters. The standard InChI is InChI=1S/C16H19N3O2/c1-4-21-15-8-6-12(10-18-15)19-16(20)13-9-11(2)5-7-14(13)17-3/h5-10,17H,4H2,1-3H3,(H,19,20). The van der Waals surface area contributed by atoms with E-state index in [1.54, 1.807) is 25.4 Å². The number of benzene rings is 1. The summed E-state index contributed by atoms with van der Waals surface area (Å²) in [5, 5.41) is 5.85. The number of anilines is 2. The van der Waals surface area contributed by atoms with Crippen molar-refractivity contribution in [1.82, 2.24) is 4.98 Å². The van der Waals surface area contributed by atoms with E-state index in [0.29, 0.717) is 23.7 Å². The van der Waals surface area contributed by atoms with Crippen molar-refractivity contribution in [1.29, 1.82) is 0 Å². The van der Waals surface area contributed by atoms with Crippen LogP contribution in [0, 0.1) is 6.92 Å². The summed E-state index contributed by atoms with van der Waals surface area (Å²) in [6.07, 6.45) is 1.58. The minimum absolute atomic E-state index is 0.172. The van der Waals surface area contributed by atoms with Crippen LogP contribution in [0.2, 0.25) is 0 Å². The third-order valence-corrected chi connectivity index (χ3v) is 2.98. The molecule has 0 radical (unpaired) electrons. The van der Waals surface area contributed by atoms with Gasteiger partial charge in [0.25, 0.3) is 5.91 Å². The Morgan fingerprint density at radius 1 is 1.29 bits per heavy atom. The lowest BCUT2D eigenvalue weighted by atomic mass is 10.1. The number of aryl methyl sites for hydroxylation is 1. The molecule has 2 rings (SSSR count). The van der Waals surface area contributed by atoms with Crippen LogP contribution in [0.25, 0.3) is 0 Å². The van der Waals surface area contributed by atoms with Gasteiger partial charge in [-0.3, -0.25) is 4.79 Å². The van der Waals surface area contributed by atoms with Crippen molar-refractivity contribution in [3.8, 4) is 5.88 Å². The molecule has 0 atom stereocenters. The minimum atomic E-state index is -0.172. The topological polar surface area (TPSA) is 63.2 Å². The molecule has 0 aliphatic rings. The van der Waals surface area contributed by atoms with Gasteiger partial charge in [0, 0.05) is 18.8 Å². The van der Waals surface area contributed by atoms with E-state index < -0.39 is 0 Å². The predicted molar refractivity (Wildman–Crippen MR) is 84.1 cm³/mol. The molecule has 0 bridgehead atoms. The fourth-order valence-corrected chi connectivity index (χ4v) is 1.95. The first-order chi connectivity index (χ1) is 10.1. The number of rotatable bonds is 5. The number of hydrogen-bond donors (Lipinski definition) is 2. The number of ether oxygens (including phenoxy) is 1.